The first-order chi connectivity index (χ1) is 8.01. The van der Waals surface area contributed by atoms with Crippen LogP contribution < -0.4 is 0 Å². The molecular formula is C10H17ClO5S. The van der Waals surface area contributed by atoms with Gasteiger partial charge in [0.2, 0.25) is 0 Å². The van der Waals surface area contributed by atoms with Crippen LogP contribution in [0.15, 0.2) is 0 Å². The number of hydrogen-bond donors (Lipinski definition) is 2. The van der Waals surface area contributed by atoms with Crippen molar-refractivity contribution in [2.24, 2.45) is 0 Å². The highest BCUT2D eigenvalue weighted by atomic mass is 35.5. The molecule has 0 spiro atoms. The molecule has 2 N–H and O–H groups in total. The van der Waals surface area contributed by atoms with Gasteiger partial charge < -0.3 is 19.7 Å². The van der Waals surface area contributed by atoms with Gasteiger partial charge in [0.1, 0.15) is 23.5 Å². The van der Waals surface area contributed by atoms with Crippen molar-refractivity contribution >= 4 is 29.3 Å². The lowest BCUT2D eigenvalue weighted by Gasteiger charge is -2.40. The highest BCUT2D eigenvalue weighted by Gasteiger charge is 2.44. The van der Waals surface area contributed by atoms with Crippen LogP contribution >= 0.6 is 23.4 Å². The van der Waals surface area contributed by atoms with Crippen molar-refractivity contribution in [1.82, 2.24) is 0 Å². The molecule has 7 heteroatoms. The molecule has 1 rings (SSSR count). The standard InChI is InChI=1S/C10H17ClO5S/c1-3-17-10-8(14)7(13)9(5(2)15-10)16-6(12)4-11/h5,7-10,13-14H,3-4H2,1-2H3/t5-,7-,8+,9-,10-/m0/s1. The van der Waals surface area contributed by atoms with Gasteiger partial charge in [0.05, 0.1) is 6.10 Å². The zero-order valence-corrected chi connectivity index (χ0v) is 11.3. The molecule has 0 aromatic heterocycles. The van der Waals surface area contributed by atoms with Gasteiger partial charge in [-0.15, -0.1) is 23.4 Å². The lowest BCUT2D eigenvalue weighted by Crippen LogP contribution is -2.57. The van der Waals surface area contributed by atoms with Gasteiger partial charge in [-0.3, -0.25) is 4.79 Å². The van der Waals surface area contributed by atoms with Gasteiger partial charge in [0.25, 0.3) is 0 Å². The Hall–Kier alpha value is -0.0100. The second-order valence-corrected chi connectivity index (χ2v) is 5.38. The number of alkyl halides is 1. The van der Waals surface area contributed by atoms with Crippen LogP contribution in [0.25, 0.3) is 0 Å². The topological polar surface area (TPSA) is 76.0 Å². The third kappa shape index (κ3) is 3.72. The maximum Gasteiger partial charge on any atom is 0.321 e. The molecule has 0 radical (unpaired) electrons. The van der Waals surface area contributed by atoms with E-state index in [0.29, 0.717) is 0 Å². The van der Waals surface area contributed by atoms with Gasteiger partial charge in [0.15, 0.2) is 6.10 Å². The van der Waals surface area contributed by atoms with Crippen LogP contribution in [0.5, 0.6) is 0 Å². The zero-order valence-electron chi connectivity index (χ0n) is 9.71. The van der Waals surface area contributed by atoms with Crippen LogP contribution in [0.4, 0.5) is 0 Å². The Kier molecular flexibility index (Phi) is 6.02. The highest BCUT2D eigenvalue weighted by molar-refractivity contribution is 7.99. The van der Waals surface area contributed by atoms with Crippen LogP contribution in [0.3, 0.4) is 0 Å². The van der Waals surface area contributed by atoms with E-state index in [1.165, 1.54) is 11.8 Å². The minimum atomic E-state index is -1.16. The predicted molar refractivity (Wildman–Crippen MR) is 65.1 cm³/mol. The van der Waals surface area contributed by atoms with Crippen molar-refractivity contribution in [2.75, 3.05) is 11.6 Å². The normalized spacial score (nSPS) is 37.8. The first-order valence-electron chi connectivity index (χ1n) is 5.39. The summed E-state index contributed by atoms with van der Waals surface area (Å²) in [6.07, 6.45) is -3.60. The van der Waals surface area contributed by atoms with Crippen molar-refractivity contribution < 1.29 is 24.5 Å². The zero-order chi connectivity index (χ0) is 13.0. The van der Waals surface area contributed by atoms with E-state index in [4.69, 9.17) is 21.1 Å². The second kappa shape index (κ2) is 6.80. The number of halogens is 1. The van der Waals surface area contributed by atoms with Crippen molar-refractivity contribution in [3.8, 4) is 0 Å². The Morgan fingerprint density at radius 2 is 2.12 bits per heavy atom. The van der Waals surface area contributed by atoms with Crippen LogP contribution in [-0.2, 0) is 14.3 Å². The molecule has 0 saturated carbocycles. The number of hydrogen-bond acceptors (Lipinski definition) is 6. The number of carbonyl (C=O) groups excluding carboxylic acids is 1. The highest BCUT2D eigenvalue weighted by Crippen LogP contribution is 2.29. The van der Waals surface area contributed by atoms with E-state index in [-0.39, 0.29) is 5.88 Å². The summed E-state index contributed by atoms with van der Waals surface area (Å²) in [5.41, 5.74) is -0.504. The molecule has 5 atom stereocenters. The van der Waals surface area contributed by atoms with Gasteiger partial charge in [0, 0.05) is 0 Å². The molecule has 1 fully saturated rings. The molecule has 1 saturated heterocycles. The van der Waals surface area contributed by atoms with Crippen LogP contribution in [0.2, 0.25) is 0 Å². The molecule has 0 amide bonds. The molecule has 100 valence electrons. The molecule has 1 aliphatic rings. The fraction of sp³-hybridized carbons (Fsp3) is 0.900. The molecule has 5 nitrogen and oxygen atoms in total. The number of aliphatic hydroxyl groups is 2. The summed E-state index contributed by atoms with van der Waals surface area (Å²) in [6.45, 7) is 3.61. The third-order valence-corrected chi connectivity index (χ3v) is 3.75. The average Bonchev–Trinajstić information content (AvgIpc) is 2.31. The lowest BCUT2D eigenvalue weighted by molar-refractivity contribution is -0.210. The molecule has 17 heavy (non-hydrogen) atoms. The minimum Gasteiger partial charge on any atom is -0.456 e. The van der Waals surface area contributed by atoms with E-state index >= 15 is 0 Å². The number of carbonyl (C=O) groups is 1. The molecule has 1 heterocycles. The van der Waals surface area contributed by atoms with Crippen molar-refractivity contribution in [1.29, 1.82) is 0 Å². The average molecular weight is 285 g/mol. The largest absolute Gasteiger partial charge is 0.456 e. The Balaban J connectivity index is 2.66. The number of aliphatic hydroxyl groups excluding tert-OH is 2. The van der Waals surface area contributed by atoms with Crippen LogP contribution in [-0.4, -0.2) is 57.7 Å². The quantitative estimate of drug-likeness (QED) is 0.573. The van der Waals surface area contributed by atoms with E-state index in [9.17, 15) is 15.0 Å². The summed E-state index contributed by atoms with van der Waals surface area (Å²) in [5.74, 6) is -0.174. The fourth-order valence-corrected chi connectivity index (χ4v) is 2.66. The van der Waals surface area contributed by atoms with Crippen molar-refractivity contribution in [3.63, 3.8) is 0 Å². The Bertz CT molecular complexity index is 265. The monoisotopic (exact) mass is 284 g/mol. The van der Waals surface area contributed by atoms with Gasteiger partial charge in [-0.05, 0) is 12.7 Å². The summed E-state index contributed by atoms with van der Waals surface area (Å²) < 4.78 is 10.4. The molecule has 0 aromatic rings. The molecule has 0 aliphatic carbocycles. The fourth-order valence-electron chi connectivity index (χ4n) is 1.65. The van der Waals surface area contributed by atoms with Gasteiger partial charge in [-0.1, -0.05) is 6.92 Å². The smallest absolute Gasteiger partial charge is 0.321 e. The van der Waals surface area contributed by atoms with Gasteiger partial charge >= 0.3 is 5.97 Å². The van der Waals surface area contributed by atoms with E-state index in [1.807, 2.05) is 6.92 Å². The predicted octanol–water partition coefficient (Wildman–Crippen LogP) is 0.357. The molecule has 1 aliphatic heterocycles. The summed E-state index contributed by atoms with van der Waals surface area (Å²) in [5, 5.41) is 19.7. The van der Waals surface area contributed by atoms with Gasteiger partial charge in [-0.2, -0.15) is 0 Å². The Labute approximate surface area is 109 Å². The van der Waals surface area contributed by atoms with E-state index in [0.717, 1.165) is 5.75 Å². The van der Waals surface area contributed by atoms with Crippen molar-refractivity contribution in [2.45, 2.75) is 43.7 Å². The second-order valence-electron chi connectivity index (χ2n) is 3.73. The number of ether oxygens (including phenoxy) is 2. The summed E-state index contributed by atoms with van der Waals surface area (Å²) in [7, 11) is 0. The molecular weight excluding hydrogens is 268 g/mol. The van der Waals surface area contributed by atoms with Gasteiger partial charge in [-0.25, -0.2) is 0 Å². The van der Waals surface area contributed by atoms with Crippen molar-refractivity contribution in [3.05, 3.63) is 0 Å². The van der Waals surface area contributed by atoms with E-state index < -0.39 is 35.8 Å². The van der Waals surface area contributed by atoms with E-state index in [2.05, 4.69) is 0 Å². The van der Waals surface area contributed by atoms with Crippen LogP contribution in [0, 0.1) is 0 Å². The number of esters is 1. The van der Waals surface area contributed by atoms with Crippen LogP contribution in [0.1, 0.15) is 13.8 Å². The summed E-state index contributed by atoms with van der Waals surface area (Å²) >= 11 is 6.71. The Morgan fingerprint density at radius 1 is 1.47 bits per heavy atom. The molecule has 0 bridgehead atoms. The lowest BCUT2D eigenvalue weighted by atomic mass is 10.0. The first kappa shape index (κ1) is 15.0. The SMILES string of the molecule is CCS[C@@H]1O[C@@H](C)[C@H](OC(=O)CCl)[C@@H](O)[C@H]1O. The maximum atomic E-state index is 11.1. The molecule has 0 unspecified atom stereocenters. The molecule has 0 aromatic carbocycles. The summed E-state index contributed by atoms with van der Waals surface area (Å²) in [6, 6.07) is 0. The first-order valence-corrected chi connectivity index (χ1v) is 6.98. The van der Waals surface area contributed by atoms with E-state index in [1.54, 1.807) is 6.92 Å². The minimum absolute atomic E-state index is 0.292. The third-order valence-electron chi connectivity index (χ3n) is 2.48. The Morgan fingerprint density at radius 3 is 2.65 bits per heavy atom. The number of rotatable bonds is 4. The summed E-state index contributed by atoms with van der Waals surface area (Å²) in [4.78, 5) is 11.1. The maximum absolute atomic E-state index is 11.1. The number of thioether (sulfide) groups is 1.